The summed E-state index contributed by atoms with van der Waals surface area (Å²) in [5.74, 6) is -0.489. The van der Waals surface area contributed by atoms with Crippen LogP contribution in [0.15, 0.2) is 24.3 Å². The number of fused-ring (bicyclic) bond motifs is 2. The number of esters is 1. The van der Waals surface area contributed by atoms with Crippen LogP contribution in [0, 0.1) is 0 Å². The average molecular weight is 253 g/mol. The maximum absolute atomic E-state index is 11.3. The van der Waals surface area contributed by atoms with Crippen LogP contribution in [-0.2, 0) is 19.0 Å². The molecule has 2 rings (SSSR count). The Kier molecular flexibility index (Phi) is 3.38. The molecule has 0 aliphatic carbocycles. The van der Waals surface area contributed by atoms with E-state index in [4.69, 9.17) is 19.9 Å². The lowest BCUT2D eigenvalue weighted by molar-refractivity contribution is -0.137. The Hall–Kier alpha value is -1.82. The molecular weight excluding hydrogens is 238 g/mol. The fourth-order valence-electron chi connectivity index (χ4n) is 2.21. The van der Waals surface area contributed by atoms with Gasteiger partial charge in [0.2, 0.25) is 0 Å². The van der Waals surface area contributed by atoms with Crippen molar-refractivity contribution >= 4 is 12.1 Å². The molecule has 98 valence electrons. The summed E-state index contributed by atoms with van der Waals surface area (Å²) >= 11 is 0. The summed E-state index contributed by atoms with van der Waals surface area (Å²) < 4.78 is 15.4. The maximum atomic E-state index is 11.3. The predicted octanol–water partition coefficient (Wildman–Crippen LogP) is 0.667. The minimum absolute atomic E-state index is 0.110. The third-order valence-electron chi connectivity index (χ3n) is 2.90. The van der Waals surface area contributed by atoms with Crippen LogP contribution in [0.1, 0.15) is 13.3 Å². The normalized spacial score (nSPS) is 32.9. The SMILES string of the molecule is CCOC(=O)/C=C/C1(OC(N)=O)CC2C=CC1O2. The highest BCUT2D eigenvalue weighted by molar-refractivity contribution is 5.82. The third kappa shape index (κ3) is 2.38. The van der Waals surface area contributed by atoms with Gasteiger partial charge in [0.1, 0.15) is 6.10 Å². The summed E-state index contributed by atoms with van der Waals surface area (Å²) in [4.78, 5) is 22.3. The lowest BCUT2D eigenvalue weighted by Crippen LogP contribution is -2.42. The fourth-order valence-corrected chi connectivity index (χ4v) is 2.21. The number of carbonyl (C=O) groups is 2. The van der Waals surface area contributed by atoms with E-state index in [2.05, 4.69) is 0 Å². The first-order chi connectivity index (χ1) is 8.55. The lowest BCUT2D eigenvalue weighted by atomic mass is 9.88. The Morgan fingerprint density at radius 1 is 1.56 bits per heavy atom. The third-order valence-corrected chi connectivity index (χ3v) is 2.90. The van der Waals surface area contributed by atoms with E-state index in [1.54, 1.807) is 13.0 Å². The monoisotopic (exact) mass is 253 g/mol. The Balaban J connectivity index is 2.14. The van der Waals surface area contributed by atoms with Gasteiger partial charge in [-0.1, -0.05) is 12.2 Å². The van der Waals surface area contributed by atoms with Crippen molar-refractivity contribution in [2.75, 3.05) is 6.61 Å². The number of hydrogen-bond donors (Lipinski definition) is 1. The van der Waals surface area contributed by atoms with Gasteiger partial charge in [-0.05, 0) is 13.0 Å². The summed E-state index contributed by atoms with van der Waals surface area (Å²) in [5, 5.41) is 0. The number of primary amides is 1. The van der Waals surface area contributed by atoms with Gasteiger partial charge >= 0.3 is 12.1 Å². The Morgan fingerprint density at radius 3 is 2.83 bits per heavy atom. The molecule has 2 aliphatic heterocycles. The second-order valence-corrected chi connectivity index (χ2v) is 4.15. The molecule has 6 heteroatoms. The minimum atomic E-state index is -1.00. The van der Waals surface area contributed by atoms with Crippen LogP contribution in [0.3, 0.4) is 0 Å². The molecule has 3 unspecified atom stereocenters. The van der Waals surface area contributed by atoms with Crippen LogP contribution < -0.4 is 5.73 Å². The Morgan fingerprint density at radius 2 is 2.33 bits per heavy atom. The molecule has 2 bridgehead atoms. The second-order valence-electron chi connectivity index (χ2n) is 4.15. The van der Waals surface area contributed by atoms with E-state index in [1.807, 2.05) is 6.08 Å². The van der Waals surface area contributed by atoms with Gasteiger partial charge in [-0.25, -0.2) is 9.59 Å². The van der Waals surface area contributed by atoms with Crippen molar-refractivity contribution in [3.05, 3.63) is 24.3 Å². The van der Waals surface area contributed by atoms with Gasteiger partial charge in [-0.3, -0.25) is 0 Å². The molecule has 0 aromatic rings. The van der Waals surface area contributed by atoms with Crippen molar-refractivity contribution in [1.29, 1.82) is 0 Å². The van der Waals surface area contributed by atoms with Crippen molar-refractivity contribution in [3.8, 4) is 0 Å². The molecule has 2 N–H and O–H groups in total. The first kappa shape index (κ1) is 12.6. The van der Waals surface area contributed by atoms with Gasteiger partial charge in [0.15, 0.2) is 5.60 Å². The van der Waals surface area contributed by atoms with E-state index >= 15 is 0 Å². The summed E-state index contributed by atoms with van der Waals surface area (Å²) in [5.41, 5.74) is 4.06. The number of amides is 1. The number of nitrogens with two attached hydrogens (primary N) is 1. The Labute approximate surface area is 104 Å². The zero-order valence-electron chi connectivity index (χ0n) is 10.00. The highest BCUT2D eigenvalue weighted by Crippen LogP contribution is 2.40. The summed E-state index contributed by atoms with van der Waals surface area (Å²) in [6.45, 7) is 2.00. The molecule has 1 fully saturated rings. The highest BCUT2D eigenvalue weighted by atomic mass is 16.6. The molecule has 0 saturated carbocycles. The van der Waals surface area contributed by atoms with Gasteiger partial charge in [-0.15, -0.1) is 0 Å². The first-order valence-electron chi connectivity index (χ1n) is 5.74. The number of hydrogen-bond acceptors (Lipinski definition) is 5. The lowest BCUT2D eigenvalue weighted by Gasteiger charge is -2.28. The maximum Gasteiger partial charge on any atom is 0.405 e. The van der Waals surface area contributed by atoms with E-state index in [9.17, 15) is 9.59 Å². The van der Waals surface area contributed by atoms with Gasteiger partial charge < -0.3 is 19.9 Å². The fraction of sp³-hybridized carbons (Fsp3) is 0.500. The van der Waals surface area contributed by atoms with E-state index in [0.29, 0.717) is 6.42 Å². The topological polar surface area (TPSA) is 87.9 Å². The van der Waals surface area contributed by atoms with E-state index in [1.165, 1.54) is 12.2 Å². The van der Waals surface area contributed by atoms with Crippen molar-refractivity contribution in [3.63, 3.8) is 0 Å². The molecule has 2 aliphatic rings. The van der Waals surface area contributed by atoms with Crippen LogP contribution in [0.2, 0.25) is 0 Å². The van der Waals surface area contributed by atoms with Gasteiger partial charge in [0, 0.05) is 12.5 Å². The standard InChI is InChI=1S/C12H15NO5/c1-2-16-10(14)5-6-12(18-11(13)15)7-8-3-4-9(12)17-8/h3-6,8-9H,2,7H2,1H3,(H2,13,15)/b6-5+. The molecule has 1 amide bonds. The molecule has 0 aromatic carbocycles. The van der Waals surface area contributed by atoms with E-state index in [-0.39, 0.29) is 12.7 Å². The predicted molar refractivity (Wildman–Crippen MR) is 61.6 cm³/mol. The molecule has 6 nitrogen and oxygen atoms in total. The summed E-state index contributed by atoms with van der Waals surface area (Å²) in [7, 11) is 0. The number of rotatable bonds is 4. The highest BCUT2D eigenvalue weighted by Gasteiger charge is 2.51. The Bertz CT molecular complexity index is 417. The quantitative estimate of drug-likeness (QED) is 0.452. The zero-order chi connectivity index (χ0) is 13.2. The van der Waals surface area contributed by atoms with Crippen molar-refractivity contribution in [2.45, 2.75) is 31.2 Å². The van der Waals surface area contributed by atoms with Crippen LogP contribution in [-0.4, -0.2) is 36.5 Å². The van der Waals surface area contributed by atoms with Gasteiger partial charge in [0.05, 0.1) is 12.7 Å². The van der Waals surface area contributed by atoms with Crippen LogP contribution >= 0.6 is 0 Å². The molecular formula is C12H15NO5. The smallest absolute Gasteiger partial charge is 0.405 e. The molecule has 3 atom stereocenters. The molecule has 18 heavy (non-hydrogen) atoms. The van der Waals surface area contributed by atoms with Gasteiger partial charge in [0.25, 0.3) is 0 Å². The molecule has 0 aromatic heterocycles. The molecule has 0 spiro atoms. The number of carbonyl (C=O) groups excluding carboxylic acids is 2. The van der Waals surface area contributed by atoms with E-state index in [0.717, 1.165) is 0 Å². The average Bonchev–Trinajstić information content (AvgIpc) is 2.86. The summed E-state index contributed by atoms with van der Waals surface area (Å²) in [6, 6.07) is 0. The number of ether oxygens (including phenoxy) is 3. The van der Waals surface area contributed by atoms with E-state index < -0.39 is 23.8 Å². The largest absolute Gasteiger partial charge is 0.463 e. The molecule has 0 radical (unpaired) electrons. The van der Waals surface area contributed by atoms with Crippen LogP contribution in [0.4, 0.5) is 4.79 Å². The molecule has 2 heterocycles. The molecule has 1 saturated heterocycles. The van der Waals surface area contributed by atoms with Crippen molar-refractivity contribution < 1.29 is 23.8 Å². The van der Waals surface area contributed by atoms with Gasteiger partial charge in [-0.2, -0.15) is 0 Å². The van der Waals surface area contributed by atoms with Crippen LogP contribution in [0.25, 0.3) is 0 Å². The van der Waals surface area contributed by atoms with Crippen molar-refractivity contribution in [2.24, 2.45) is 5.73 Å². The minimum Gasteiger partial charge on any atom is -0.463 e. The van der Waals surface area contributed by atoms with Crippen LogP contribution in [0.5, 0.6) is 0 Å². The summed E-state index contributed by atoms with van der Waals surface area (Å²) in [6.07, 6.45) is 5.47. The first-order valence-corrected chi connectivity index (χ1v) is 5.74. The zero-order valence-corrected chi connectivity index (χ0v) is 10.00. The van der Waals surface area contributed by atoms with Crippen molar-refractivity contribution in [1.82, 2.24) is 0 Å². The second kappa shape index (κ2) is 4.81.